The first-order valence-corrected chi connectivity index (χ1v) is 5.84. The van der Waals surface area contributed by atoms with Crippen LogP contribution in [0.4, 0.5) is 32.2 Å². The molecule has 0 aliphatic rings. The van der Waals surface area contributed by atoms with Crippen LogP contribution in [0.5, 0.6) is 5.88 Å². The molecule has 0 fully saturated rings. The zero-order valence-electron chi connectivity index (χ0n) is 11.4. The normalized spacial score (nSPS) is 13.4. The Labute approximate surface area is 117 Å². The predicted molar refractivity (Wildman–Crippen MR) is 64.1 cm³/mol. The van der Waals surface area contributed by atoms with Crippen LogP contribution in [0.1, 0.15) is 20.8 Å². The highest BCUT2D eigenvalue weighted by Gasteiger charge is 2.59. The summed E-state index contributed by atoms with van der Waals surface area (Å²) in [5.41, 5.74) is -0.459. The average molecular weight is 316 g/mol. The van der Waals surface area contributed by atoms with Crippen LogP contribution < -0.4 is 10.1 Å². The molecule has 0 unspecified atom stereocenters. The summed E-state index contributed by atoms with van der Waals surface area (Å²) >= 11 is 0. The number of alkyl halides is 6. The standard InChI is InChI=1S/C12H14F6N2O/c1-10(2,3)20-7-5-4-6-8(19-7)21-9(11(13,14)15)12(16,17)18/h4-6,9H,1-3H3,(H,19,20). The van der Waals surface area contributed by atoms with E-state index >= 15 is 0 Å². The highest BCUT2D eigenvalue weighted by Crippen LogP contribution is 2.36. The van der Waals surface area contributed by atoms with Crippen LogP contribution >= 0.6 is 0 Å². The molecular formula is C12H14F6N2O. The van der Waals surface area contributed by atoms with E-state index < -0.39 is 29.9 Å². The van der Waals surface area contributed by atoms with Crippen molar-refractivity contribution in [1.82, 2.24) is 4.98 Å². The Morgan fingerprint density at radius 3 is 1.95 bits per heavy atom. The van der Waals surface area contributed by atoms with Crippen molar-refractivity contribution in [3.8, 4) is 5.88 Å². The van der Waals surface area contributed by atoms with Gasteiger partial charge in [-0.2, -0.15) is 31.3 Å². The number of halogens is 6. The number of hydrogen-bond acceptors (Lipinski definition) is 3. The molecule has 0 aromatic carbocycles. The first-order valence-electron chi connectivity index (χ1n) is 5.84. The summed E-state index contributed by atoms with van der Waals surface area (Å²) < 4.78 is 78.3. The van der Waals surface area contributed by atoms with Crippen LogP contribution in [0.2, 0.25) is 0 Å². The van der Waals surface area contributed by atoms with E-state index in [1.807, 2.05) is 0 Å². The van der Waals surface area contributed by atoms with Gasteiger partial charge in [-0.1, -0.05) is 6.07 Å². The van der Waals surface area contributed by atoms with E-state index in [-0.39, 0.29) is 5.82 Å². The van der Waals surface area contributed by atoms with Crippen molar-refractivity contribution in [3.63, 3.8) is 0 Å². The van der Waals surface area contributed by atoms with Crippen LogP contribution in [0, 0.1) is 0 Å². The molecule has 0 radical (unpaired) electrons. The maximum absolute atomic E-state index is 12.4. The molecule has 1 aromatic heterocycles. The van der Waals surface area contributed by atoms with Crippen LogP contribution in [0.25, 0.3) is 0 Å². The third-order valence-corrected chi connectivity index (χ3v) is 2.06. The molecule has 1 rings (SSSR count). The second kappa shape index (κ2) is 5.61. The molecule has 0 aliphatic heterocycles. The first-order chi connectivity index (χ1) is 9.29. The smallest absolute Gasteiger partial charge is 0.434 e. The molecule has 0 aliphatic carbocycles. The van der Waals surface area contributed by atoms with Crippen molar-refractivity contribution >= 4 is 5.82 Å². The van der Waals surface area contributed by atoms with E-state index in [9.17, 15) is 26.3 Å². The molecule has 0 atom stereocenters. The molecule has 1 aromatic rings. The van der Waals surface area contributed by atoms with E-state index in [1.165, 1.54) is 12.1 Å². The lowest BCUT2D eigenvalue weighted by Crippen LogP contribution is -2.46. The lowest BCUT2D eigenvalue weighted by molar-refractivity contribution is -0.300. The summed E-state index contributed by atoms with van der Waals surface area (Å²) in [6.45, 7) is 5.28. The summed E-state index contributed by atoms with van der Waals surface area (Å²) in [6, 6.07) is 3.59. The molecule has 3 nitrogen and oxygen atoms in total. The van der Waals surface area contributed by atoms with Gasteiger partial charge in [0.2, 0.25) is 5.88 Å². The van der Waals surface area contributed by atoms with Gasteiger partial charge in [-0.3, -0.25) is 0 Å². The molecular weight excluding hydrogens is 302 g/mol. The van der Waals surface area contributed by atoms with E-state index in [2.05, 4.69) is 15.0 Å². The van der Waals surface area contributed by atoms with Crippen molar-refractivity contribution in [2.75, 3.05) is 5.32 Å². The molecule has 0 spiro atoms. The maximum atomic E-state index is 12.4. The molecule has 0 saturated carbocycles. The maximum Gasteiger partial charge on any atom is 0.434 e. The second-order valence-electron chi connectivity index (χ2n) is 5.32. The Bertz CT molecular complexity index is 464. The molecule has 21 heavy (non-hydrogen) atoms. The van der Waals surface area contributed by atoms with E-state index in [4.69, 9.17) is 0 Å². The summed E-state index contributed by atoms with van der Waals surface area (Å²) in [7, 11) is 0. The fourth-order valence-electron chi connectivity index (χ4n) is 1.37. The van der Waals surface area contributed by atoms with Crippen molar-refractivity contribution < 1.29 is 31.1 Å². The largest absolute Gasteiger partial charge is 0.455 e. The molecule has 1 N–H and O–H groups in total. The molecule has 120 valence electrons. The number of ether oxygens (including phenoxy) is 1. The molecule has 1 heterocycles. The Hall–Kier alpha value is -1.67. The van der Waals surface area contributed by atoms with Crippen molar-refractivity contribution in [1.29, 1.82) is 0 Å². The number of rotatable bonds is 3. The first kappa shape index (κ1) is 17.4. The quantitative estimate of drug-likeness (QED) is 0.850. The number of anilines is 1. The highest BCUT2D eigenvalue weighted by molar-refractivity contribution is 5.39. The third-order valence-electron chi connectivity index (χ3n) is 2.06. The van der Waals surface area contributed by atoms with Gasteiger partial charge in [0.15, 0.2) is 0 Å². The second-order valence-corrected chi connectivity index (χ2v) is 5.32. The minimum absolute atomic E-state index is 0.114. The van der Waals surface area contributed by atoms with Gasteiger partial charge in [-0.15, -0.1) is 0 Å². The van der Waals surface area contributed by atoms with Crippen molar-refractivity contribution in [3.05, 3.63) is 18.2 Å². The molecule has 0 saturated heterocycles. The average Bonchev–Trinajstić information content (AvgIpc) is 2.20. The van der Waals surface area contributed by atoms with E-state index in [1.54, 1.807) is 20.8 Å². The van der Waals surface area contributed by atoms with Crippen LogP contribution in [-0.4, -0.2) is 29.0 Å². The van der Waals surface area contributed by atoms with Gasteiger partial charge in [0.05, 0.1) is 0 Å². The van der Waals surface area contributed by atoms with Gasteiger partial charge >= 0.3 is 12.4 Å². The lowest BCUT2D eigenvalue weighted by atomic mass is 10.1. The topological polar surface area (TPSA) is 34.1 Å². The zero-order valence-corrected chi connectivity index (χ0v) is 11.4. The minimum atomic E-state index is -5.58. The number of pyridine rings is 1. The Morgan fingerprint density at radius 1 is 1.00 bits per heavy atom. The fourth-order valence-corrected chi connectivity index (χ4v) is 1.37. The Morgan fingerprint density at radius 2 is 1.52 bits per heavy atom. The van der Waals surface area contributed by atoms with Gasteiger partial charge in [0.1, 0.15) is 5.82 Å². The predicted octanol–water partition coefficient (Wildman–Crippen LogP) is 4.16. The number of aromatic nitrogens is 1. The van der Waals surface area contributed by atoms with Crippen LogP contribution in [0.15, 0.2) is 18.2 Å². The fraction of sp³-hybridized carbons (Fsp3) is 0.583. The van der Waals surface area contributed by atoms with Crippen LogP contribution in [-0.2, 0) is 0 Å². The number of nitrogens with zero attached hydrogens (tertiary/aromatic N) is 1. The summed E-state index contributed by atoms with van der Waals surface area (Å²) in [4.78, 5) is 3.59. The number of nitrogens with one attached hydrogen (secondary N) is 1. The van der Waals surface area contributed by atoms with Gasteiger partial charge in [-0.25, -0.2) is 0 Å². The lowest BCUT2D eigenvalue weighted by Gasteiger charge is -2.24. The van der Waals surface area contributed by atoms with Gasteiger partial charge < -0.3 is 10.1 Å². The van der Waals surface area contributed by atoms with Gasteiger partial charge in [0, 0.05) is 11.6 Å². The van der Waals surface area contributed by atoms with Gasteiger partial charge in [-0.05, 0) is 26.8 Å². The van der Waals surface area contributed by atoms with E-state index in [0.717, 1.165) is 6.07 Å². The SMILES string of the molecule is CC(C)(C)Nc1cccc(OC(C(F)(F)F)C(F)(F)F)n1. The zero-order chi connectivity index (χ0) is 16.5. The summed E-state index contributed by atoms with van der Waals surface area (Å²) in [5.74, 6) is -0.646. The monoisotopic (exact) mass is 316 g/mol. The molecule has 9 heteroatoms. The van der Waals surface area contributed by atoms with Crippen molar-refractivity contribution in [2.45, 2.75) is 44.8 Å². The van der Waals surface area contributed by atoms with Crippen molar-refractivity contribution in [2.24, 2.45) is 0 Å². The van der Waals surface area contributed by atoms with Gasteiger partial charge in [0.25, 0.3) is 6.10 Å². The minimum Gasteiger partial charge on any atom is -0.455 e. The van der Waals surface area contributed by atoms with E-state index in [0.29, 0.717) is 0 Å². The number of hydrogen-bond donors (Lipinski definition) is 1. The molecule has 0 amide bonds. The summed E-state index contributed by atoms with van der Waals surface area (Å²) in [5, 5.41) is 2.82. The summed E-state index contributed by atoms with van der Waals surface area (Å²) in [6.07, 6.45) is -15.1. The third kappa shape index (κ3) is 5.68. The van der Waals surface area contributed by atoms with Crippen LogP contribution in [0.3, 0.4) is 0 Å². The Balaban J connectivity index is 2.98. The Kier molecular flexibility index (Phi) is 4.64. The molecule has 0 bridgehead atoms. The highest BCUT2D eigenvalue weighted by atomic mass is 19.4.